The first-order valence-corrected chi connectivity index (χ1v) is 9.70. The standard InChI is InChI=1S/C23H18F3N5O/c1-15-7-10-20(28-11-15)31-14-19(21(30-31)16-5-3-2-4-6-16)22(32)29-13-18-9-8-17(12-27-18)23(24,25)26/h2-12,14H,13H2,1H3,(H,29,32). The van der Waals surface area contributed by atoms with Gasteiger partial charge < -0.3 is 5.32 Å². The van der Waals surface area contributed by atoms with Crippen molar-refractivity contribution in [2.75, 3.05) is 0 Å². The van der Waals surface area contributed by atoms with E-state index in [1.54, 1.807) is 18.5 Å². The number of aryl methyl sites for hydroxylation is 1. The normalized spacial score (nSPS) is 11.4. The van der Waals surface area contributed by atoms with Crippen molar-refractivity contribution in [1.82, 2.24) is 25.1 Å². The predicted octanol–water partition coefficient (Wildman–Crippen LogP) is 4.59. The summed E-state index contributed by atoms with van der Waals surface area (Å²) in [7, 11) is 0. The van der Waals surface area contributed by atoms with Gasteiger partial charge in [0.05, 0.1) is 23.4 Å². The molecule has 3 heterocycles. The molecule has 0 radical (unpaired) electrons. The monoisotopic (exact) mass is 437 g/mol. The van der Waals surface area contributed by atoms with Crippen molar-refractivity contribution in [3.63, 3.8) is 0 Å². The molecule has 1 aromatic carbocycles. The van der Waals surface area contributed by atoms with Gasteiger partial charge in [-0.3, -0.25) is 9.78 Å². The molecule has 0 bridgehead atoms. The van der Waals surface area contributed by atoms with Gasteiger partial charge in [0.1, 0.15) is 5.69 Å². The summed E-state index contributed by atoms with van der Waals surface area (Å²) in [6.07, 6.45) is -0.430. The molecule has 0 atom stereocenters. The van der Waals surface area contributed by atoms with Crippen LogP contribution in [0.1, 0.15) is 27.2 Å². The number of nitrogens with zero attached hydrogens (tertiary/aromatic N) is 4. The molecule has 32 heavy (non-hydrogen) atoms. The number of halogens is 3. The van der Waals surface area contributed by atoms with E-state index in [1.807, 2.05) is 43.3 Å². The summed E-state index contributed by atoms with van der Waals surface area (Å²) in [5.41, 5.74) is 1.98. The minimum Gasteiger partial charge on any atom is -0.346 e. The zero-order valence-corrected chi connectivity index (χ0v) is 17.0. The lowest BCUT2D eigenvalue weighted by atomic mass is 10.1. The fourth-order valence-electron chi connectivity index (χ4n) is 3.03. The number of hydrogen-bond acceptors (Lipinski definition) is 4. The summed E-state index contributed by atoms with van der Waals surface area (Å²) < 4.78 is 39.6. The second kappa shape index (κ2) is 8.62. The van der Waals surface area contributed by atoms with Crippen LogP contribution in [-0.2, 0) is 12.7 Å². The zero-order valence-electron chi connectivity index (χ0n) is 17.0. The number of rotatable bonds is 5. The van der Waals surface area contributed by atoms with Crippen molar-refractivity contribution in [3.8, 4) is 17.1 Å². The maximum absolute atomic E-state index is 12.9. The number of pyridine rings is 2. The summed E-state index contributed by atoms with van der Waals surface area (Å²) in [6, 6.07) is 15.1. The average molecular weight is 437 g/mol. The van der Waals surface area contributed by atoms with E-state index in [9.17, 15) is 18.0 Å². The smallest absolute Gasteiger partial charge is 0.346 e. The van der Waals surface area contributed by atoms with Crippen molar-refractivity contribution in [3.05, 3.63) is 95.6 Å². The quantitative estimate of drug-likeness (QED) is 0.496. The van der Waals surface area contributed by atoms with Crippen molar-refractivity contribution < 1.29 is 18.0 Å². The van der Waals surface area contributed by atoms with E-state index in [2.05, 4.69) is 20.4 Å². The van der Waals surface area contributed by atoms with Crippen LogP contribution in [0.4, 0.5) is 13.2 Å². The molecular formula is C23H18F3N5O. The highest BCUT2D eigenvalue weighted by Crippen LogP contribution is 2.28. The van der Waals surface area contributed by atoms with Crippen LogP contribution < -0.4 is 5.32 Å². The summed E-state index contributed by atoms with van der Waals surface area (Å²) in [5, 5.41) is 7.25. The second-order valence-electron chi connectivity index (χ2n) is 7.11. The van der Waals surface area contributed by atoms with Crippen LogP contribution in [0.15, 0.2) is 73.2 Å². The third-order valence-corrected chi connectivity index (χ3v) is 4.72. The summed E-state index contributed by atoms with van der Waals surface area (Å²) in [6.45, 7) is 1.89. The van der Waals surface area contributed by atoms with Crippen LogP contribution in [0.25, 0.3) is 17.1 Å². The molecule has 0 saturated heterocycles. The van der Waals surface area contributed by atoms with E-state index in [0.717, 1.165) is 23.4 Å². The molecule has 1 amide bonds. The number of carbonyl (C=O) groups is 1. The number of aromatic nitrogens is 4. The lowest BCUT2D eigenvalue weighted by Crippen LogP contribution is -2.23. The first kappa shape index (κ1) is 21.2. The van der Waals surface area contributed by atoms with Crippen molar-refractivity contribution in [2.45, 2.75) is 19.6 Å². The van der Waals surface area contributed by atoms with Crippen LogP contribution >= 0.6 is 0 Å². The summed E-state index contributed by atoms with van der Waals surface area (Å²) in [4.78, 5) is 21.1. The number of amides is 1. The molecule has 0 fully saturated rings. The van der Waals surface area contributed by atoms with E-state index in [-0.39, 0.29) is 6.54 Å². The van der Waals surface area contributed by atoms with Gasteiger partial charge in [0.15, 0.2) is 5.82 Å². The van der Waals surface area contributed by atoms with E-state index in [1.165, 1.54) is 10.7 Å². The molecule has 0 aliphatic carbocycles. The fourth-order valence-corrected chi connectivity index (χ4v) is 3.03. The third-order valence-electron chi connectivity index (χ3n) is 4.72. The Hall–Kier alpha value is -4.01. The highest BCUT2D eigenvalue weighted by molar-refractivity contribution is 5.99. The summed E-state index contributed by atoms with van der Waals surface area (Å²) >= 11 is 0. The Kier molecular flexibility index (Phi) is 5.72. The van der Waals surface area contributed by atoms with E-state index in [0.29, 0.717) is 22.8 Å². The van der Waals surface area contributed by atoms with Gasteiger partial charge in [-0.2, -0.15) is 18.3 Å². The highest BCUT2D eigenvalue weighted by atomic mass is 19.4. The molecule has 3 aromatic heterocycles. The molecule has 0 aliphatic heterocycles. The second-order valence-corrected chi connectivity index (χ2v) is 7.11. The Morgan fingerprint density at radius 2 is 1.78 bits per heavy atom. The SMILES string of the molecule is Cc1ccc(-n2cc(C(=O)NCc3ccc(C(F)(F)F)cn3)c(-c3ccccc3)n2)nc1. The van der Waals surface area contributed by atoms with Gasteiger partial charge in [0.2, 0.25) is 0 Å². The maximum Gasteiger partial charge on any atom is 0.417 e. The van der Waals surface area contributed by atoms with Gasteiger partial charge in [-0.1, -0.05) is 36.4 Å². The molecule has 0 unspecified atom stereocenters. The number of hydrogen-bond donors (Lipinski definition) is 1. The Labute approximate surface area is 181 Å². The molecular weight excluding hydrogens is 419 g/mol. The van der Waals surface area contributed by atoms with E-state index in [4.69, 9.17) is 0 Å². The maximum atomic E-state index is 12.9. The zero-order chi connectivity index (χ0) is 22.7. The molecule has 6 nitrogen and oxygen atoms in total. The van der Waals surface area contributed by atoms with Gasteiger partial charge in [-0.25, -0.2) is 9.67 Å². The van der Waals surface area contributed by atoms with Crippen molar-refractivity contribution in [2.24, 2.45) is 0 Å². The van der Waals surface area contributed by atoms with Crippen molar-refractivity contribution in [1.29, 1.82) is 0 Å². The molecule has 4 rings (SSSR count). The Bertz CT molecular complexity index is 1220. The van der Waals surface area contributed by atoms with Gasteiger partial charge >= 0.3 is 6.18 Å². The molecule has 0 saturated carbocycles. The number of benzene rings is 1. The van der Waals surface area contributed by atoms with Gasteiger partial charge in [0, 0.05) is 24.2 Å². The van der Waals surface area contributed by atoms with Gasteiger partial charge in [0.25, 0.3) is 5.91 Å². The van der Waals surface area contributed by atoms with E-state index < -0.39 is 17.6 Å². The third kappa shape index (κ3) is 4.66. The molecule has 4 aromatic rings. The Balaban J connectivity index is 1.59. The average Bonchev–Trinajstić information content (AvgIpc) is 3.24. The minimum atomic E-state index is -4.46. The Morgan fingerprint density at radius 1 is 1.00 bits per heavy atom. The topological polar surface area (TPSA) is 72.7 Å². The highest BCUT2D eigenvalue weighted by Gasteiger charge is 2.30. The van der Waals surface area contributed by atoms with Crippen LogP contribution in [-0.4, -0.2) is 25.7 Å². The largest absolute Gasteiger partial charge is 0.417 e. The molecule has 1 N–H and O–H groups in total. The van der Waals surface area contributed by atoms with Gasteiger partial charge in [-0.05, 0) is 30.7 Å². The number of nitrogens with one attached hydrogen (secondary N) is 1. The summed E-state index contributed by atoms with van der Waals surface area (Å²) in [5.74, 6) is 0.125. The Morgan fingerprint density at radius 3 is 2.41 bits per heavy atom. The lowest BCUT2D eigenvalue weighted by Gasteiger charge is -2.08. The minimum absolute atomic E-state index is 0.0286. The van der Waals surface area contributed by atoms with Crippen LogP contribution in [0.3, 0.4) is 0 Å². The molecule has 9 heteroatoms. The molecule has 0 aliphatic rings. The van der Waals surface area contributed by atoms with Crippen LogP contribution in [0, 0.1) is 6.92 Å². The molecule has 0 spiro atoms. The molecule has 162 valence electrons. The number of carbonyl (C=O) groups excluding carboxylic acids is 1. The van der Waals surface area contributed by atoms with Crippen LogP contribution in [0.2, 0.25) is 0 Å². The first-order valence-electron chi connectivity index (χ1n) is 9.70. The van der Waals surface area contributed by atoms with E-state index >= 15 is 0 Å². The fraction of sp³-hybridized carbons (Fsp3) is 0.130. The predicted molar refractivity (Wildman–Crippen MR) is 112 cm³/mol. The van der Waals surface area contributed by atoms with Gasteiger partial charge in [-0.15, -0.1) is 0 Å². The van der Waals surface area contributed by atoms with Crippen LogP contribution in [0.5, 0.6) is 0 Å². The van der Waals surface area contributed by atoms with Crippen molar-refractivity contribution >= 4 is 5.91 Å². The number of alkyl halides is 3. The first-order chi connectivity index (χ1) is 15.3. The lowest BCUT2D eigenvalue weighted by molar-refractivity contribution is -0.137.